The summed E-state index contributed by atoms with van der Waals surface area (Å²) in [6, 6.07) is 1.66. The van der Waals surface area contributed by atoms with Gasteiger partial charge in [0.2, 0.25) is 11.7 Å². The molecular formula is C15H21NO4. The predicted octanol–water partition coefficient (Wildman–Crippen LogP) is 2.73. The fraction of sp³-hybridized carbons (Fsp3) is 0.600. The van der Waals surface area contributed by atoms with Crippen LogP contribution >= 0.6 is 0 Å². The van der Waals surface area contributed by atoms with Crippen LogP contribution in [0.3, 0.4) is 0 Å². The smallest absolute Gasteiger partial charge is 0.372 e. The SMILES string of the molecule is Cc1cc(CNC(=O)C2CCCC2(C)C)oc1C(=O)O. The maximum absolute atomic E-state index is 12.2. The van der Waals surface area contributed by atoms with Crippen molar-refractivity contribution in [1.29, 1.82) is 0 Å². The van der Waals surface area contributed by atoms with Crippen LogP contribution < -0.4 is 5.32 Å². The van der Waals surface area contributed by atoms with Gasteiger partial charge in [0.1, 0.15) is 5.76 Å². The highest BCUT2D eigenvalue weighted by Crippen LogP contribution is 2.42. The molecule has 0 aromatic carbocycles. The Kier molecular flexibility index (Phi) is 3.88. The van der Waals surface area contributed by atoms with Gasteiger partial charge >= 0.3 is 5.97 Å². The van der Waals surface area contributed by atoms with E-state index in [-0.39, 0.29) is 29.5 Å². The van der Waals surface area contributed by atoms with Crippen molar-refractivity contribution in [3.8, 4) is 0 Å². The minimum atomic E-state index is -1.09. The zero-order valence-corrected chi connectivity index (χ0v) is 12.2. The summed E-state index contributed by atoms with van der Waals surface area (Å²) >= 11 is 0. The van der Waals surface area contributed by atoms with E-state index in [0.717, 1.165) is 19.3 Å². The molecular weight excluding hydrogens is 258 g/mol. The first kappa shape index (κ1) is 14.6. The van der Waals surface area contributed by atoms with Crippen molar-refractivity contribution in [3.05, 3.63) is 23.2 Å². The van der Waals surface area contributed by atoms with E-state index in [4.69, 9.17) is 9.52 Å². The number of carboxylic acid groups (broad SMARTS) is 1. The number of aromatic carboxylic acids is 1. The minimum absolute atomic E-state index is 0.0255. The molecule has 110 valence electrons. The molecule has 0 bridgehead atoms. The third-order valence-electron chi connectivity index (χ3n) is 4.17. The van der Waals surface area contributed by atoms with Gasteiger partial charge in [-0.05, 0) is 31.2 Å². The molecule has 1 heterocycles. The Morgan fingerprint density at radius 1 is 1.50 bits per heavy atom. The molecule has 0 spiro atoms. The molecule has 2 rings (SSSR count). The van der Waals surface area contributed by atoms with Gasteiger partial charge in [-0.25, -0.2) is 4.79 Å². The van der Waals surface area contributed by atoms with Gasteiger partial charge in [-0.15, -0.1) is 0 Å². The predicted molar refractivity (Wildman–Crippen MR) is 73.4 cm³/mol. The zero-order valence-electron chi connectivity index (χ0n) is 12.2. The summed E-state index contributed by atoms with van der Waals surface area (Å²) < 4.78 is 5.23. The van der Waals surface area contributed by atoms with E-state index in [1.807, 2.05) is 0 Å². The number of nitrogens with one attached hydrogen (secondary N) is 1. The standard InChI is InChI=1S/C15H21NO4/c1-9-7-10(20-12(9)14(18)19)8-16-13(17)11-5-4-6-15(11,2)3/h7,11H,4-6,8H2,1-3H3,(H,16,17)(H,18,19). The molecule has 1 fully saturated rings. The molecule has 0 radical (unpaired) electrons. The molecule has 1 aromatic rings. The van der Waals surface area contributed by atoms with Crippen molar-refractivity contribution in [1.82, 2.24) is 5.32 Å². The van der Waals surface area contributed by atoms with E-state index in [0.29, 0.717) is 11.3 Å². The second-order valence-corrected chi connectivity index (χ2v) is 6.18. The molecule has 1 aliphatic carbocycles. The Morgan fingerprint density at radius 2 is 2.20 bits per heavy atom. The Bertz CT molecular complexity index is 530. The Morgan fingerprint density at radius 3 is 2.70 bits per heavy atom. The maximum Gasteiger partial charge on any atom is 0.372 e. The second kappa shape index (κ2) is 5.31. The number of hydrogen-bond donors (Lipinski definition) is 2. The van der Waals surface area contributed by atoms with E-state index < -0.39 is 5.97 Å². The van der Waals surface area contributed by atoms with Crippen molar-refractivity contribution in [3.63, 3.8) is 0 Å². The normalized spacial score (nSPS) is 20.9. The molecule has 1 amide bonds. The van der Waals surface area contributed by atoms with E-state index in [1.54, 1.807) is 13.0 Å². The van der Waals surface area contributed by atoms with Gasteiger partial charge < -0.3 is 14.8 Å². The molecule has 5 nitrogen and oxygen atoms in total. The summed E-state index contributed by atoms with van der Waals surface area (Å²) in [5.41, 5.74) is 0.609. The largest absolute Gasteiger partial charge is 0.475 e. The minimum Gasteiger partial charge on any atom is -0.475 e. The third-order valence-corrected chi connectivity index (χ3v) is 4.17. The van der Waals surface area contributed by atoms with Gasteiger partial charge in [-0.1, -0.05) is 20.3 Å². The van der Waals surface area contributed by atoms with Crippen LogP contribution in [0.5, 0.6) is 0 Å². The second-order valence-electron chi connectivity index (χ2n) is 6.18. The van der Waals surface area contributed by atoms with Crippen LogP contribution in [0, 0.1) is 18.3 Å². The van der Waals surface area contributed by atoms with Crippen LogP contribution in [0.4, 0.5) is 0 Å². The summed E-state index contributed by atoms with van der Waals surface area (Å²) in [4.78, 5) is 23.1. The van der Waals surface area contributed by atoms with Gasteiger partial charge in [-0.3, -0.25) is 4.79 Å². The molecule has 5 heteroatoms. The zero-order chi connectivity index (χ0) is 14.9. The van der Waals surface area contributed by atoms with Crippen LogP contribution in [-0.2, 0) is 11.3 Å². The quantitative estimate of drug-likeness (QED) is 0.888. The molecule has 20 heavy (non-hydrogen) atoms. The summed E-state index contributed by atoms with van der Waals surface area (Å²) in [5.74, 6) is -0.618. The van der Waals surface area contributed by atoms with Crippen molar-refractivity contribution < 1.29 is 19.1 Å². The molecule has 1 aliphatic rings. The van der Waals surface area contributed by atoms with Gasteiger partial charge in [0.25, 0.3) is 0 Å². The molecule has 0 aliphatic heterocycles. The molecule has 1 aromatic heterocycles. The average molecular weight is 279 g/mol. The summed E-state index contributed by atoms with van der Waals surface area (Å²) in [7, 11) is 0. The van der Waals surface area contributed by atoms with E-state index in [9.17, 15) is 9.59 Å². The van der Waals surface area contributed by atoms with Crippen molar-refractivity contribution >= 4 is 11.9 Å². The highest BCUT2D eigenvalue weighted by atomic mass is 16.4. The van der Waals surface area contributed by atoms with E-state index in [2.05, 4.69) is 19.2 Å². The molecule has 1 unspecified atom stereocenters. The number of carbonyl (C=O) groups excluding carboxylic acids is 1. The fourth-order valence-electron chi connectivity index (χ4n) is 2.96. The molecule has 2 N–H and O–H groups in total. The van der Waals surface area contributed by atoms with Gasteiger partial charge in [0, 0.05) is 11.5 Å². The summed E-state index contributed by atoms with van der Waals surface area (Å²) in [6.07, 6.45) is 3.05. The Balaban J connectivity index is 1.97. The number of carboxylic acids is 1. The molecule has 0 saturated heterocycles. The lowest BCUT2D eigenvalue weighted by atomic mass is 9.81. The first-order chi connectivity index (χ1) is 9.31. The van der Waals surface area contributed by atoms with Gasteiger partial charge in [0.15, 0.2) is 0 Å². The third kappa shape index (κ3) is 2.86. The van der Waals surface area contributed by atoms with Crippen molar-refractivity contribution in [2.24, 2.45) is 11.3 Å². The Hall–Kier alpha value is -1.78. The first-order valence-electron chi connectivity index (χ1n) is 6.91. The van der Waals surface area contributed by atoms with Crippen LogP contribution in [0.2, 0.25) is 0 Å². The van der Waals surface area contributed by atoms with Crippen LogP contribution in [0.1, 0.15) is 55.0 Å². The number of furan rings is 1. The van der Waals surface area contributed by atoms with Crippen molar-refractivity contribution in [2.75, 3.05) is 0 Å². The average Bonchev–Trinajstić information content (AvgIpc) is 2.89. The lowest BCUT2D eigenvalue weighted by Crippen LogP contribution is -2.35. The molecule has 1 atom stereocenters. The van der Waals surface area contributed by atoms with Crippen molar-refractivity contribution in [2.45, 2.75) is 46.6 Å². The van der Waals surface area contributed by atoms with Crippen LogP contribution in [0.25, 0.3) is 0 Å². The van der Waals surface area contributed by atoms with E-state index in [1.165, 1.54) is 0 Å². The first-order valence-corrected chi connectivity index (χ1v) is 6.91. The van der Waals surface area contributed by atoms with Gasteiger partial charge in [-0.2, -0.15) is 0 Å². The fourth-order valence-corrected chi connectivity index (χ4v) is 2.96. The van der Waals surface area contributed by atoms with Gasteiger partial charge in [0.05, 0.1) is 6.54 Å². The maximum atomic E-state index is 12.2. The monoisotopic (exact) mass is 279 g/mol. The Labute approximate surface area is 118 Å². The summed E-state index contributed by atoms with van der Waals surface area (Å²) in [5, 5.41) is 11.8. The number of rotatable bonds is 4. The number of hydrogen-bond acceptors (Lipinski definition) is 3. The molecule has 1 saturated carbocycles. The highest BCUT2D eigenvalue weighted by molar-refractivity contribution is 5.86. The lowest BCUT2D eigenvalue weighted by molar-refractivity contribution is -0.127. The van der Waals surface area contributed by atoms with Crippen LogP contribution in [-0.4, -0.2) is 17.0 Å². The number of amides is 1. The highest BCUT2D eigenvalue weighted by Gasteiger charge is 2.39. The summed E-state index contributed by atoms with van der Waals surface area (Å²) in [6.45, 7) is 6.14. The number of aryl methyl sites for hydroxylation is 1. The van der Waals surface area contributed by atoms with E-state index >= 15 is 0 Å². The number of carbonyl (C=O) groups is 2. The topological polar surface area (TPSA) is 79.5 Å². The van der Waals surface area contributed by atoms with Crippen LogP contribution in [0.15, 0.2) is 10.5 Å². The lowest BCUT2D eigenvalue weighted by Gasteiger charge is -2.25.